The molecule has 0 aliphatic heterocycles. The highest BCUT2D eigenvalue weighted by Gasteiger charge is 2.24. The molecule has 132 valence electrons. The number of hydrazine groups is 1. The summed E-state index contributed by atoms with van der Waals surface area (Å²) in [5, 5.41) is 14.3. The van der Waals surface area contributed by atoms with Gasteiger partial charge in [-0.2, -0.15) is 0 Å². The molecule has 0 spiro atoms. The molecule has 0 atom stereocenters. The number of halogens is 1. The van der Waals surface area contributed by atoms with E-state index in [0.29, 0.717) is 5.69 Å². The Morgan fingerprint density at radius 1 is 1.15 bits per heavy atom. The van der Waals surface area contributed by atoms with Crippen LogP contribution in [-0.2, 0) is 0 Å². The van der Waals surface area contributed by atoms with Gasteiger partial charge in [0.1, 0.15) is 6.33 Å². The Bertz CT molecular complexity index is 930. The number of anilines is 3. The second kappa shape index (κ2) is 7.61. The highest BCUT2D eigenvalue weighted by molar-refractivity contribution is 9.10. The van der Waals surface area contributed by atoms with E-state index in [1.807, 2.05) is 0 Å². The van der Waals surface area contributed by atoms with Gasteiger partial charge in [-0.3, -0.25) is 25.8 Å². The van der Waals surface area contributed by atoms with Crippen molar-refractivity contribution in [3.8, 4) is 0 Å². The molecule has 2 heterocycles. The van der Waals surface area contributed by atoms with Crippen molar-refractivity contribution in [3.05, 3.63) is 69.3 Å². The number of hydrogen-bond acceptors (Lipinski definition) is 8. The Morgan fingerprint density at radius 2 is 1.88 bits per heavy atom. The molecule has 26 heavy (non-hydrogen) atoms. The molecule has 2 aromatic heterocycles. The van der Waals surface area contributed by atoms with E-state index in [4.69, 9.17) is 4.42 Å². The summed E-state index contributed by atoms with van der Waals surface area (Å²) in [6, 6.07) is 9.99. The van der Waals surface area contributed by atoms with Crippen LogP contribution < -0.4 is 16.2 Å². The van der Waals surface area contributed by atoms with Gasteiger partial charge in [-0.15, -0.1) is 0 Å². The first-order chi connectivity index (χ1) is 12.5. The molecule has 0 fully saturated rings. The predicted octanol–water partition coefficient (Wildman–Crippen LogP) is 3.24. The van der Waals surface area contributed by atoms with Crippen molar-refractivity contribution < 1.29 is 14.1 Å². The summed E-state index contributed by atoms with van der Waals surface area (Å²) in [5.74, 6) is -0.765. The van der Waals surface area contributed by atoms with Crippen LogP contribution in [0.4, 0.5) is 23.0 Å². The highest BCUT2D eigenvalue weighted by atomic mass is 79.9. The fraction of sp³-hybridized carbons (Fsp3) is 0. The molecule has 3 N–H and O–H groups in total. The second-order valence-corrected chi connectivity index (χ2v) is 5.78. The lowest BCUT2D eigenvalue weighted by Crippen LogP contribution is -2.30. The summed E-state index contributed by atoms with van der Waals surface area (Å²) in [6.07, 6.45) is 2.47. The van der Waals surface area contributed by atoms with E-state index < -0.39 is 16.5 Å². The van der Waals surface area contributed by atoms with Crippen molar-refractivity contribution in [2.45, 2.75) is 0 Å². The lowest BCUT2D eigenvalue weighted by atomic mass is 10.3. The van der Waals surface area contributed by atoms with Crippen molar-refractivity contribution >= 4 is 44.8 Å². The largest absolute Gasteiger partial charge is 0.459 e. The van der Waals surface area contributed by atoms with E-state index in [1.165, 1.54) is 12.3 Å². The summed E-state index contributed by atoms with van der Waals surface area (Å²) < 4.78 is 5.80. The summed E-state index contributed by atoms with van der Waals surface area (Å²) in [7, 11) is 0. The first-order valence-corrected chi connectivity index (χ1v) is 7.96. The molecule has 1 amide bonds. The number of aromatic nitrogens is 2. The molecular weight excluding hydrogens is 408 g/mol. The van der Waals surface area contributed by atoms with Crippen LogP contribution in [0.15, 0.2) is 57.9 Å². The van der Waals surface area contributed by atoms with Crippen molar-refractivity contribution in [2.24, 2.45) is 0 Å². The van der Waals surface area contributed by atoms with E-state index in [0.717, 1.165) is 10.8 Å². The quantitative estimate of drug-likeness (QED) is 0.409. The molecule has 1 aromatic carbocycles. The predicted molar refractivity (Wildman–Crippen MR) is 95.9 cm³/mol. The van der Waals surface area contributed by atoms with Crippen LogP contribution in [-0.4, -0.2) is 20.8 Å². The number of hydrogen-bond donors (Lipinski definition) is 3. The number of benzene rings is 1. The number of nitrogens with one attached hydrogen (secondary N) is 3. The molecule has 0 saturated heterocycles. The van der Waals surface area contributed by atoms with Crippen molar-refractivity contribution in [2.75, 3.05) is 10.7 Å². The Kier molecular flexibility index (Phi) is 5.08. The molecule has 11 heteroatoms. The van der Waals surface area contributed by atoms with Crippen LogP contribution in [0.25, 0.3) is 0 Å². The maximum Gasteiger partial charge on any atom is 0.355 e. The van der Waals surface area contributed by atoms with Crippen LogP contribution >= 0.6 is 15.9 Å². The summed E-state index contributed by atoms with van der Waals surface area (Å²) in [4.78, 5) is 30.4. The first-order valence-electron chi connectivity index (χ1n) is 7.16. The van der Waals surface area contributed by atoms with Gasteiger partial charge in [0.2, 0.25) is 11.6 Å². The molecule has 3 aromatic rings. The minimum absolute atomic E-state index is 0.0259. The number of amides is 1. The summed E-state index contributed by atoms with van der Waals surface area (Å²) in [6.45, 7) is 0. The average molecular weight is 419 g/mol. The third-order valence-electron chi connectivity index (χ3n) is 3.15. The fourth-order valence-electron chi connectivity index (χ4n) is 1.99. The average Bonchev–Trinajstić information content (AvgIpc) is 3.16. The number of rotatable bonds is 6. The minimum Gasteiger partial charge on any atom is -0.459 e. The zero-order valence-electron chi connectivity index (χ0n) is 13.0. The fourth-order valence-corrected chi connectivity index (χ4v) is 2.25. The van der Waals surface area contributed by atoms with Gasteiger partial charge in [-0.1, -0.05) is 15.9 Å². The highest BCUT2D eigenvalue weighted by Crippen LogP contribution is 2.31. The van der Waals surface area contributed by atoms with Crippen LogP contribution in [0.5, 0.6) is 0 Å². The van der Waals surface area contributed by atoms with Crippen LogP contribution in [0.1, 0.15) is 10.6 Å². The Labute approximate surface area is 154 Å². The van der Waals surface area contributed by atoms with Crippen LogP contribution in [0.3, 0.4) is 0 Å². The molecule has 3 rings (SSSR count). The molecule has 0 radical (unpaired) electrons. The Balaban J connectivity index is 1.82. The zero-order valence-corrected chi connectivity index (χ0v) is 14.6. The lowest BCUT2D eigenvalue weighted by Gasteiger charge is -2.10. The van der Waals surface area contributed by atoms with E-state index >= 15 is 0 Å². The smallest absolute Gasteiger partial charge is 0.355 e. The lowest BCUT2D eigenvalue weighted by molar-refractivity contribution is -0.383. The Morgan fingerprint density at radius 3 is 2.54 bits per heavy atom. The van der Waals surface area contributed by atoms with Gasteiger partial charge in [0.15, 0.2) is 5.76 Å². The third kappa shape index (κ3) is 3.95. The molecule has 10 nitrogen and oxygen atoms in total. The monoisotopic (exact) mass is 418 g/mol. The summed E-state index contributed by atoms with van der Waals surface area (Å²) >= 11 is 3.31. The van der Waals surface area contributed by atoms with E-state index in [9.17, 15) is 14.9 Å². The Hall–Kier alpha value is -3.47. The van der Waals surface area contributed by atoms with Gasteiger partial charge >= 0.3 is 11.6 Å². The van der Waals surface area contributed by atoms with Gasteiger partial charge in [-0.25, -0.2) is 9.97 Å². The molecule has 0 aliphatic carbocycles. The number of carbonyl (C=O) groups excluding carboxylic acids is 1. The molecule has 0 saturated carbocycles. The van der Waals surface area contributed by atoms with Gasteiger partial charge in [0.05, 0.1) is 11.2 Å². The SMILES string of the molecule is O=C(NNc1ncnc(Nc2ccc(Br)cc2)c1[N+](=O)[O-])c1ccco1. The summed E-state index contributed by atoms with van der Waals surface area (Å²) in [5.41, 5.74) is 4.88. The molecule has 0 unspecified atom stereocenters. The van der Waals surface area contributed by atoms with Gasteiger partial charge in [-0.05, 0) is 36.4 Å². The van der Waals surface area contributed by atoms with Crippen molar-refractivity contribution in [3.63, 3.8) is 0 Å². The molecule has 0 aliphatic rings. The maximum atomic E-state index is 11.9. The minimum atomic E-state index is -0.650. The second-order valence-electron chi connectivity index (χ2n) is 4.86. The van der Waals surface area contributed by atoms with E-state index in [1.54, 1.807) is 30.3 Å². The normalized spacial score (nSPS) is 10.2. The number of nitro groups is 1. The topological polar surface area (TPSA) is 135 Å². The maximum absolute atomic E-state index is 11.9. The number of furan rings is 1. The standard InChI is InChI=1S/C15H11BrN6O4/c16-9-3-5-10(6-4-9)19-13-12(22(24)25)14(18-8-17-13)20-21-15(23)11-2-1-7-26-11/h1-8H,(H,21,23)(H2,17,18,19,20). The van der Waals surface area contributed by atoms with Gasteiger partial charge < -0.3 is 9.73 Å². The van der Waals surface area contributed by atoms with Crippen LogP contribution in [0, 0.1) is 10.1 Å². The van der Waals surface area contributed by atoms with Crippen molar-refractivity contribution in [1.29, 1.82) is 0 Å². The number of nitrogens with zero attached hydrogens (tertiary/aromatic N) is 3. The third-order valence-corrected chi connectivity index (χ3v) is 3.68. The van der Waals surface area contributed by atoms with Crippen LogP contribution in [0.2, 0.25) is 0 Å². The first kappa shape index (κ1) is 17.4. The van der Waals surface area contributed by atoms with Gasteiger partial charge in [0.25, 0.3) is 0 Å². The van der Waals surface area contributed by atoms with E-state index in [2.05, 4.69) is 42.1 Å². The van der Waals surface area contributed by atoms with E-state index in [-0.39, 0.29) is 17.4 Å². The zero-order chi connectivity index (χ0) is 18.5. The molecular formula is C15H11BrN6O4. The number of carbonyl (C=O) groups is 1. The van der Waals surface area contributed by atoms with Crippen molar-refractivity contribution in [1.82, 2.24) is 15.4 Å². The molecule has 0 bridgehead atoms. The van der Waals surface area contributed by atoms with Gasteiger partial charge in [0, 0.05) is 10.2 Å².